The van der Waals surface area contributed by atoms with Crippen LogP contribution in [0.1, 0.15) is 53.0 Å². The highest BCUT2D eigenvalue weighted by atomic mass is 16.6. The average molecular weight is 539 g/mol. The molecule has 212 valence electrons. The minimum Gasteiger partial charge on any atom is -0.444 e. The molecule has 0 unspecified atom stereocenters. The van der Waals surface area contributed by atoms with E-state index in [0.717, 1.165) is 55.7 Å². The van der Waals surface area contributed by atoms with Crippen LogP contribution in [0.25, 0.3) is 11.1 Å². The summed E-state index contributed by atoms with van der Waals surface area (Å²) >= 11 is 0. The second-order valence-corrected chi connectivity index (χ2v) is 10.8. The Morgan fingerprint density at radius 3 is 2.28 bits per heavy atom. The van der Waals surface area contributed by atoms with Gasteiger partial charge in [-0.2, -0.15) is 0 Å². The molecule has 0 spiro atoms. The molecular weight excluding hydrogens is 496 g/mol. The smallest absolute Gasteiger partial charge is 0.408 e. The van der Waals surface area contributed by atoms with Gasteiger partial charge in [0, 0.05) is 63.6 Å². The zero-order valence-electron chi connectivity index (χ0n) is 24.1. The first-order valence-corrected chi connectivity index (χ1v) is 13.7. The fraction of sp³-hybridized carbons (Fsp3) is 0.552. The number of carbonyl (C=O) groups excluding carboxylic acids is 3. The lowest BCUT2D eigenvalue weighted by atomic mass is 9.95. The number of ether oxygens (including phenoxy) is 1. The predicted molar refractivity (Wildman–Crippen MR) is 151 cm³/mol. The molecule has 0 bridgehead atoms. The molecule has 2 heterocycles. The van der Waals surface area contributed by atoms with Crippen LogP contribution in [0.2, 0.25) is 0 Å². The summed E-state index contributed by atoms with van der Waals surface area (Å²) in [6.45, 7) is 12.6. The molecule has 2 aromatic rings. The molecule has 1 fully saturated rings. The highest BCUT2D eigenvalue weighted by Gasteiger charge is 2.28. The van der Waals surface area contributed by atoms with Gasteiger partial charge in [-0.05, 0) is 64.7 Å². The van der Waals surface area contributed by atoms with E-state index in [1.807, 2.05) is 55.4 Å². The molecule has 1 aromatic heterocycles. The molecule has 0 atom stereocenters. The van der Waals surface area contributed by atoms with E-state index in [4.69, 9.17) is 4.74 Å². The number of likely N-dealkylation sites (N-methyl/N-ethyl adjacent to an activating group) is 1. The topological polar surface area (TPSA) is 108 Å². The summed E-state index contributed by atoms with van der Waals surface area (Å²) in [5.74, 6) is 0.775. The number of nitrogens with one attached hydrogen (secondary N) is 1. The van der Waals surface area contributed by atoms with Crippen molar-refractivity contribution in [1.29, 1.82) is 0 Å². The van der Waals surface area contributed by atoms with Gasteiger partial charge in [-0.15, -0.1) is 0 Å². The van der Waals surface area contributed by atoms with Crippen molar-refractivity contribution in [1.82, 2.24) is 25.1 Å². The van der Waals surface area contributed by atoms with Gasteiger partial charge in [0.2, 0.25) is 17.8 Å². The largest absolute Gasteiger partial charge is 0.444 e. The number of rotatable bonds is 9. The first-order chi connectivity index (χ1) is 18.5. The molecule has 1 aliphatic rings. The van der Waals surface area contributed by atoms with Gasteiger partial charge in [-0.25, -0.2) is 14.8 Å². The summed E-state index contributed by atoms with van der Waals surface area (Å²) in [4.78, 5) is 51.8. The number of anilines is 1. The van der Waals surface area contributed by atoms with Crippen LogP contribution in [0.4, 0.5) is 10.7 Å². The van der Waals surface area contributed by atoms with Crippen molar-refractivity contribution in [2.24, 2.45) is 5.92 Å². The van der Waals surface area contributed by atoms with Crippen molar-refractivity contribution in [3.8, 4) is 11.1 Å². The number of amides is 3. The van der Waals surface area contributed by atoms with E-state index in [9.17, 15) is 14.4 Å². The quantitative estimate of drug-likeness (QED) is 0.519. The highest BCUT2D eigenvalue weighted by Crippen LogP contribution is 2.25. The minimum atomic E-state index is -0.621. The third-order valence-electron chi connectivity index (χ3n) is 6.73. The Labute approximate surface area is 231 Å². The summed E-state index contributed by atoms with van der Waals surface area (Å²) in [6.07, 6.45) is 4.62. The minimum absolute atomic E-state index is 0.0706. The van der Waals surface area contributed by atoms with Crippen LogP contribution in [-0.2, 0) is 20.9 Å². The molecule has 0 aliphatic carbocycles. The molecule has 1 aromatic carbocycles. The summed E-state index contributed by atoms with van der Waals surface area (Å²) in [5.41, 5.74) is 2.16. The summed E-state index contributed by atoms with van der Waals surface area (Å²) in [7, 11) is 1.70. The van der Waals surface area contributed by atoms with Gasteiger partial charge in [-0.1, -0.05) is 18.2 Å². The molecule has 3 rings (SSSR count). The Kier molecular flexibility index (Phi) is 10.3. The number of piperidine rings is 1. The van der Waals surface area contributed by atoms with E-state index in [2.05, 4.69) is 20.2 Å². The fourth-order valence-electron chi connectivity index (χ4n) is 4.56. The molecule has 1 aliphatic heterocycles. The molecule has 0 radical (unpaired) electrons. The van der Waals surface area contributed by atoms with E-state index in [0.29, 0.717) is 12.5 Å². The molecule has 1 saturated heterocycles. The van der Waals surface area contributed by atoms with Crippen LogP contribution in [-0.4, -0.2) is 83.0 Å². The van der Waals surface area contributed by atoms with Gasteiger partial charge in [-0.3, -0.25) is 9.59 Å². The lowest BCUT2D eigenvalue weighted by Crippen LogP contribution is -2.43. The van der Waals surface area contributed by atoms with Gasteiger partial charge in [0.15, 0.2) is 0 Å². The van der Waals surface area contributed by atoms with E-state index in [1.54, 1.807) is 32.7 Å². The number of nitrogens with zero attached hydrogens (tertiary/aromatic N) is 5. The SMILES string of the molecule is CCN(CC)C(=O)C1CCN(c2ncc(-c3cccc(CN(C)C(=O)CNC(=O)OC(C)(C)C)c3)cn2)CC1. The summed E-state index contributed by atoms with van der Waals surface area (Å²) < 4.78 is 5.18. The van der Waals surface area contributed by atoms with Crippen molar-refractivity contribution in [3.05, 3.63) is 42.2 Å². The Balaban J connectivity index is 1.54. The van der Waals surface area contributed by atoms with Gasteiger partial charge in [0.05, 0.1) is 0 Å². The molecule has 1 N–H and O–H groups in total. The Bertz CT molecular complexity index is 1120. The van der Waals surface area contributed by atoms with E-state index in [-0.39, 0.29) is 24.3 Å². The van der Waals surface area contributed by atoms with E-state index in [1.165, 1.54) is 0 Å². The van der Waals surface area contributed by atoms with E-state index < -0.39 is 11.7 Å². The van der Waals surface area contributed by atoms with Crippen molar-refractivity contribution in [2.45, 2.75) is 59.6 Å². The molecular formula is C29H42N6O4. The van der Waals surface area contributed by atoms with Crippen LogP contribution in [0.5, 0.6) is 0 Å². The maximum Gasteiger partial charge on any atom is 0.408 e. The maximum atomic E-state index is 12.7. The Morgan fingerprint density at radius 2 is 1.69 bits per heavy atom. The van der Waals surface area contributed by atoms with Crippen LogP contribution in [0, 0.1) is 5.92 Å². The summed E-state index contributed by atoms with van der Waals surface area (Å²) in [5, 5.41) is 2.50. The number of carbonyl (C=O) groups is 3. The first kappa shape index (κ1) is 29.9. The third-order valence-corrected chi connectivity index (χ3v) is 6.73. The number of benzene rings is 1. The second kappa shape index (κ2) is 13.4. The molecule has 39 heavy (non-hydrogen) atoms. The highest BCUT2D eigenvalue weighted by molar-refractivity contribution is 5.82. The zero-order chi connectivity index (χ0) is 28.6. The Hall–Kier alpha value is -3.69. The average Bonchev–Trinajstić information content (AvgIpc) is 2.91. The lowest BCUT2D eigenvalue weighted by Gasteiger charge is -2.33. The predicted octanol–water partition coefficient (Wildman–Crippen LogP) is 3.71. The van der Waals surface area contributed by atoms with Crippen molar-refractivity contribution < 1.29 is 19.1 Å². The monoisotopic (exact) mass is 538 g/mol. The number of aromatic nitrogens is 2. The van der Waals surface area contributed by atoms with Crippen molar-refractivity contribution in [3.63, 3.8) is 0 Å². The number of alkyl carbamates (subject to hydrolysis) is 1. The van der Waals surface area contributed by atoms with Crippen LogP contribution in [0.3, 0.4) is 0 Å². The molecule has 0 saturated carbocycles. The van der Waals surface area contributed by atoms with Crippen LogP contribution < -0.4 is 10.2 Å². The van der Waals surface area contributed by atoms with Crippen molar-refractivity contribution >= 4 is 23.9 Å². The third kappa shape index (κ3) is 8.66. The van der Waals surface area contributed by atoms with E-state index >= 15 is 0 Å². The first-order valence-electron chi connectivity index (χ1n) is 13.7. The molecule has 3 amide bonds. The van der Waals surface area contributed by atoms with Gasteiger partial charge in [0.25, 0.3) is 0 Å². The summed E-state index contributed by atoms with van der Waals surface area (Å²) in [6, 6.07) is 7.88. The van der Waals surface area contributed by atoms with Crippen molar-refractivity contribution in [2.75, 3.05) is 44.7 Å². The van der Waals surface area contributed by atoms with Crippen LogP contribution in [0.15, 0.2) is 36.7 Å². The van der Waals surface area contributed by atoms with Gasteiger partial charge in [0.1, 0.15) is 12.1 Å². The maximum absolute atomic E-state index is 12.7. The molecule has 10 nitrogen and oxygen atoms in total. The standard InChI is InChI=1S/C29H42N6O4/c1-7-34(8-2)26(37)22-12-14-35(15-13-22)27-30-17-24(18-31-27)23-11-9-10-21(16-23)20-33(6)25(36)19-32-28(38)39-29(3,4)5/h9-11,16-18,22H,7-8,12-15,19-20H2,1-6H3,(H,32,38). The number of hydrogen-bond donors (Lipinski definition) is 1. The normalized spacial score (nSPS) is 14.1. The van der Waals surface area contributed by atoms with Crippen LogP contribution >= 0.6 is 0 Å². The van der Waals surface area contributed by atoms with Gasteiger partial charge >= 0.3 is 6.09 Å². The molecule has 10 heteroatoms. The Morgan fingerprint density at radius 1 is 1.05 bits per heavy atom. The fourth-order valence-corrected chi connectivity index (χ4v) is 4.56. The van der Waals surface area contributed by atoms with Gasteiger partial charge < -0.3 is 24.8 Å². The zero-order valence-corrected chi connectivity index (χ0v) is 24.1. The second-order valence-electron chi connectivity index (χ2n) is 10.8. The lowest BCUT2D eigenvalue weighted by molar-refractivity contribution is -0.135. The number of hydrogen-bond acceptors (Lipinski definition) is 7.